The zero-order valence-electron chi connectivity index (χ0n) is 17.3. The van der Waals surface area contributed by atoms with E-state index in [1.807, 2.05) is 49.4 Å². The molecule has 1 heterocycles. The molecule has 1 aliphatic carbocycles. The fourth-order valence-electron chi connectivity index (χ4n) is 3.94. The van der Waals surface area contributed by atoms with Crippen LogP contribution >= 0.6 is 11.8 Å². The molecule has 0 spiro atoms. The highest BCUT2D eigenvalue weighted by Gasteiger charge is 2.24. The number of pyridine rings is 1. The van der Waals surface area contributed by atoms with Gasteiger partial charge in [0.1, 0.15) is 11.1 Å². The molecule has 152 valence electrons. The second kappa shape index (κ2) is 8.89. The first-order valence-electron chi connectivity index (χ1n) is 10.5. The minimum absolute atomic E-state index is 0.0604. The van der Waals surface area contributed by atoms with Gasteiger partial charge < -0.3 is 5.32 Å². The number of thioether (sulfide) groups is 1. The lowest BCUT2D eigenvalue weighted by atomic mass is 9.87. The Balaban J connectivity index is 1.53. The van der Waals surface area contributed by atoms with E-state index in [-0.39, 0.29) is 11.2 Å². The molecule has 1 N–H and O–H groups in total. The number of rotatable bonds is 5. The van der Waals surface area contributed by atoms with Gasteiger partial charge in [0.2, 0.25) is 5.91 Å². The van der Waals surface area contributed by atoms with Crippen LogP contribution in [0.25, 0.3) is 10.8 Å². The van der Waals surface area contributed by atoms with E-state index in [4.69, 9.17) is 4.98 Å². The number of nitriles is 1. The van der Waals surface area contributed by atoms with Gasteiger partial charge in [0.15, 0.2) is 0 Å². The van der Waals surface area contributed by atoms with Crippen LogP contribution < -0.4 is 5.32 Å². The van der Waals surface area contributed by atoms with Gasteiger partial charge in [0.25, 0.3) is 0 Å². The van der Waals surface area contributed by atoms with Gasteiger partial charge in [-0.3, -0.25) is 4.79 Å². The summed E-state index contributed by atoms with van der Waals surface area (Å²) >= 11 is 1.40. The predicted molar refractivity (Wildman–Crippen MR) is 123 cm³/mol. The van der Waals surface area contributed by atoms with Gasteiger partial charge >= 0.3 is 0 Å². The Labute approximate surface area is 181 Å². The summed E-state index contributed by atoms with van der Waals surface area (Å²) in [6.07, 6.45) is 3.69. The van der Waals surface area contributed by atoms with Crippen molar-refractivity contribution in [2.45, 2.75) is 49.8 Å². The lowest BCUT2D eigenvalue weighted by Crippen LogP contribution is -2.25. The SMILES string of the molecule is CCC(Sc1nc2c(cc1C#N)CC(C)CC2)C(=O)Nc1ccc2ccccc2c1. The summed E-state index contributed by atoms with van der Waals surface area (Å²) in [5, 5.41) is 15.3. The van der Waals surface area contributed by atoms with Crippen molar-refractivity contribution in [3.05, 3.63) is 65.4 Å². The molecular weight excluding hydrogens is 390 g/mol. The molecule has 1 aliphatic rings. The molecule has 4 nitrogen and oxygen atoms in total. The molecule has 0 aliphatic heterocycles. The van der Waals surface area contributed by atoms with E-state index < -0.39 is 0 Å². The second-order valence-corrected chi connectivity index (χ2v) is 9.16. The summed E-state index contributed by atoms with van der Waals surface area (Å²) in [5.74, 6) is 0.565. The first-order valence-corrected chi connectivity index (χ1v) is 11.3. The molecule has 0 bridgehead atoms. The minimum atomic E-state index is -0.309. The molecule has 2 aromatic carbocycles. The quantitative estimate of drug-likeness (QED) is 0.540. The number of nitrogens with zero attached hydrogens (tertiary/aromatic N) is 2. The van der Waals surface area contributed by atoms with E-state index in [2.05, 4.69) is 24.4 Å². The Morgan fingerprint density at radius 1 is 1.27 bits per heavy atom. The van der Waals surface area contributed by atoms with Crippen LogP contribution in [0.4, 0.5) is 5.69 Å². The number of hydrogen-bond donors (Lipinski definition) is 1. The van der Waals surface area contributed by atoms with Gasteiger partial charge in [-0.1, -0.05) is 55.9 Å². The Morgan fingerprint density at radius 2 is 2.07 bits per heavy atom. The first-order chi connectivity index (χ1) is 14.6. The Bertz CT molecular complexity index is 1130. The van der Waals surface area contributed by atoms with Crippen molar-refractivity contribution in [2.24, 2.45) is 5.92 Å². The summed E-state index contributed by atoms with van der Waals surface area (Å²) in [7, 11) is 0. The largest absolute Gasteiger partial charge is 0.325 e. The topological polar surface area (TPSA) is 65.8 Å². The van der Waals surface area contributed by atoms with Crippen LogP contribution in [0.5, 0.6) is 0 Å². The van der Waals surface area contributed by atoms with E-state index in [0.29, 0.717) is 22.9 Å². The highest BCUT2D eigenvalue weighted by Crippen LogP contribution is 2.32. The summed E-state index contributed by atoms with van der Waals surface area (Å²) in [5.41, 5.74) is 3.62. The van der Waals surface area contributed by atoms with E-state index in [9.17, 15) is 10.1 Å². The molecule has 3 aromatic rings. The molecule has 1 amide bonds. The predicted octanol–water partition coefficient (Wildman–Crippen LogP) is 5.74. The standard InChI is InChI=1S/C25H25N3OS/c1-3-23(24(29)27-21-10-9-17-6-4-5-7-18(17)14-21)30-25-20(15-26)13-19-12-16(2)8-11-22(19)28-25/h4-7,9-10,13-14,16,23H,3,8,11-12H2,1-2H3,(H,27,29). The van der Waals surface area contributed by atoms with Crippen molar-refractivity contribution in [3.8, 4) is 6.07 Å². The van der Waals surface area contributed by atoms with Crippen molar-refractivity contribution in [1.82, 2.24) is 4.98 Å². The summed E-state index contributed by atoms with van der Waals surface area (Å²) in [6.45, 7) is 4.23. The van der Waals surface area contributed by atoms with Crippen LogP contribution in [-0.2, 0) is 17.6 Å². The lowest BCUT2D eigenvalue weighted by molar-refractivity contribution is -0.115. The molecule has 0 saturated carbocycles. The van der Waals surface area contributed by atoms with Crippen LogP contribution in [0.15, 0.2) is 53.6 Å². The first kappa shape index (κ1) is 20.4. The molecular formula is C25H25N3OS. The molecule has 0 radical (unpaired) electrons. The van der Waals surface area contributed by atoms with Crippen LogP contribution in [0.2, 0.25) is 0 Å². The Kier molecular flexibility index (Phi) is 6.06. The van der Waals surface area contributed by atoms with Gasteiger partial charge in [-0.05, 0) is 66.1 Å². The molecule has 2 unspecified atom stereocenters. The van der Waals surface area contributed by atoms with E-state index in [0.717, 1.165) is 41.4 Å². The Morgan fingerprint density at radius 3 is 2.83 bits per heavy atom. The van der Waals surface area contributed by atoms with Gasteiger partial charge in [-0.25, -0.2) is 4.98 Å². The third kappa shape index (κ3) is 4.34. The molecule has 0 fully saturated rings. The number of nitrogens with one attached hydrogen (secondary N) is 1. The maximum atomic E-state index is 13.0. The fourth-order valence-corrected chi connectivity index (χ4v) is 4.94. The second-order valence-electron chi connectivity index (χ2n) is 7.97. The number of aryl methyl sites for hydroxylation is 1. The van der Waals surface area contributed by atoms with Crippen LogP contribution in [0.1, 0.15) is 43.5 Å². The van der Waals surface area contributed by atoms with Gasteiger partial charge in [0, 0.05) is 11.4 Å². The smallest absolute Gasteiger partial charge is 0.237 e. The number of aromatic nitrogens is 1. The number of carbonyl (C=O) groups excluding carboxylic acids is 1. The lowest BCUT2D eigenvalue weighted by Gasteiger charge is -2.22. The number of carbonyl (C=O) groups is 1. The third-order valence-corrected chi connectivity index (χ3v) is 7.02. The van der Waals surface area contributed by atoms with E-state index in [1.165, 1.54) is 17.3 Å². The van der Waals surface area contributed by atoms with Crippen molar-refractivity contribution in [1.29, 1.82) is 5.26 Å². The minimum Gasteiger partial charge on any atom is -0.325 e. The monoisotopic (exact) mass is 415 g/mol. The number of anilines is 1. The third-order valence-electron chi connectivity index (χ3n) is 5.65. The highest BCUT2D eigenvalue weighted by molar-refractivity contribution is 8.00. The van der Waals surface area contributed by atoms with Crippen molar-refractivity contribution in [2.75, 3.05) is 5.32 Å². The van der Waals surface area contributed by atoms with Crippen molar-refractivity contribution >= 4 is 34.1 Å². The summed E-state index contributed by atoms with van der Waals surface area (Å²) < 4.78 is 0. The van der Waals surface area contributed by atoms with Crippen molar-refractivity contribution < 1.29 is 4.79 Å². The molecule has 4 rings (SSSR count). The molecule has 5 heteroatoms. The number of amides is 1. The number of fused-ring (bicyclic) bond motifs is 2. The average molecular weight is 416 g/mol. The molecule has 2 atom stereocenters. The Hall–Kier alpha value is -2.84. The normalized spacial score (nSPS) is 16.5. The van der Waals surface area contributed by atoms with Crippen LogP contribution in [0, 0.1) is 17.2 Å². The highest BCUT2D eigenvalue weighted by atomic mass is 32.2. The van der Waals surface area contributed by atoms with E-state index in [1.54, 1.807) is 0 Å². The summed E-state index contributed by atoms with van der Waals surface area (Å²) in [4.78, 5) is 17.8. The molecule has 30 heavy (non-hydrogen) atoms. The maximum Gasteiger partial charge on any atom is 0.237 e. The van der Waals surface area contributed by atoms with Gasteiger partial charge in [0.05, 0.1) is 10.8 Å². The van der Waals surface area contributed by atoms with Crippen molar-refractivity contribution in [3.63, 3.8) is 0 Å². The van der Waals surface area contributed by atoms with E-state index >= 15 is 0 Å². The number of benzene rings is 2. The van der Waals surface area contributed by atoms with Gasteiger partial charge in [-0.2, -0.15) is 5.26 Å². The zero-order valence-corrected chi connectivity index (χ0v) is 18.1. The number of hydrogen-bond acceptors (Lipinski definition) is 4. The van der Waals surface area contributed by atoms with Crippen LogP contribution in [0.3, 0.4) is 0 Å². The van der Waals surface area contributed by atoms with Gasteiger partial charge in [-0.15, -0.1) is 0 Å². The maximum absolute atomic E-state index is 13.0. The molecule has 0 saturated heterocycles. The summed E-state index contributed by atoms with van der Waals surface area (Å²) in [6, 6.07) is 18.3. The zero-order chi connectivity index (χ0) is 21.1. The van der Waals surface area contributed by atoms with Crippen LogP contribution in [-0.4, -0.2) is 16.1 Å². The average Bonchev–Trinajstić information content (AvgIpc) is 2.76. The molecule has 1 aromatic heterocycles. The fraction of sp³-hybridized carbons (Fsp3) is 0.320.